The van der Waals surface area contributed by atoms with E-state index < -0.39 is 0 Å². The highest BCUT2D eigenvalue weighted by Crippen LogP contribution is 2.43. The van der Waals surface area contributed by atoms with E-state index in [4.69, 9.17) is 19.9 Å². The molecule has 0 fully saturated rings. The Morgan fingerprint density at radius 1 is 0.286 bits per heavy atom. The number of nitrogens with one attached hydrogen (secondary N) is 1. The first-order chi connectivity index (χ1) is 31.2. The number of rotatable bonds is 9. The minimum absolute atomic E-state index is 0.637. The van der Waals surface area contributed by atoms with Crippen LogP contribution >= 0.6 is 0 Å². The van der Waals surface area contributed by atoms with Gasteiger partial charge in [0.05, 0.1) is 16.9 Å². The molecule has 2 heterocycles. The maximum atomic E-state index is 5.21. The summed E-state index contributed by atoms with van der Waals surface area (Å²) in [5.74, 6) is 1.93. The molecule has 296 valence electrons. The van der Waals surface area contributed by atoms with Crippen LogP contribution in [0.5, 0.6) is 0 Å². The van der Waals surface area contributed by atoms with Gasteiger partial charge in [-0.25, -0.2) is 19.9 Å². The summed E-state index contributed by atoms with van der Waals surface area (Å²) in [5.41, 5.74) is 14.7. The zero-order valence-electron chi connectivity index (χ0n) is 34.2. The van der Waals surface area contributed by atoms with Crippen molar-refractivity contribution in [2.75, 3.05) is 5.32 Å². The van der Waals surface area contributed by atoms with Gasteiger partial charge in [-0.1, -0.05) is 206 Å². The van der Waals surface area contributed by atoms with E-state index in [2.05, 4.69) is 163 Å². The summed E-state index contributed by atoms with van der Waals surface area (Å²) in [7, 11) is 0. The lowest BCUT2D eigenvalue weighted by atomic mass is 9.92. The van der Waals surface area contributed by atoms with Gasteiger partial charge in [0.2, 0.25) is 0 Å². The summed E-state index contributed by atoms with van der Waals surface area (Å²) in [5, 5.41) is 7.21. The molecular weight excluding hydrogens is 767 g/mol. The van der Waals surface area contributed by atoms with E-state index in [1.54, 1.807) is 0 Å². The van der Waals surface area contributed by atoms with E-state index in [-0.39, 0.29) is 0 Å². The van der Waals surface area contributed by atoms with Crippen LogP contribution in [0.2, 0.25) is 0 Å². The molecule has 0 saturated carbocycles. The van der Waals surface area contributed by atoms with Gasteiger partial charge in [-0.2, -0.15) is 0 Å². The Hall–Kier alpha value is -8.54. The highest BCUT2D eigenvalue weighted by atomic mass is 15.0. The van der Waals surface area contributed by atoms with Crippen molar-refractivity contribution in [2.45, 2.75) is 0 Å². The van der Waals surface area contributed by atoms with E-state index in [1.807, 2.05) is 72.8 Å². The Labute approximate surface area is 366 Å². The van der Waals surface area contributed by atoms with Crippen LogP contribution in [0.25, 0.3) is 100 Å². The van der Waals surface area contributed by atoms with Gasteiger partial charge in [-0.15, -0.1) is 0 Å². The van der Waals surface area contributed by atoms with Crippen LogP contribution in [0.4, 0.5) is 11.4 Å². The van der Waals surface area contributed by atoms with Gasteiger partial charge in [-0.3, -0.25) is 0 Å². The van der Waals surface area contributed by atoms with Crippen molar-refractivity contribution in [3.8, 4) is 78.8 Å². The fraction of sp³-hybridized carbons (Fsp3) is 0. The topological polar surface area (TPSA) is 63.6 Å². The minimum atomic E-state index is 0.637. The molecule has 11 aromatic rings. The molecule has 0 aliphatic heterocycles. The summed E-state index contributed by atoms with van der Waals surface area (Å²) < 4.78 is 0. The quantitative estimate of drug-likeness (QED) is 0.147. The fourth-order valence-electron chi connectivity index (χ4n) is 8.37. The van der Waals surface area contributed by atoms with Crippen LogP contribution < -0.4 is 5.32 Å². The zero-order valence-corrected chi connectivity index (χ0v) is 34.2. The number of anilines is 2. The van der Waals surface area contributed by atoms with Crippen LogP contribution in [0.1, 0.15) is 0 Å². The highest BCUT2D eigenvalue weighted by molar-refractivity contribution is 6.19. The van der Waals surface area contributed by atoms with Crippen LogP contribution in [-0.4, -0.2) is 19.9 Å². The van der Waals surface area contributed by atoms with Gasteiger partial charge in [0.1, 0.15) is 0 Å². The molecular formula is C58H39N5. The fourth-order valence-corrected chi connectivity index (χ4v) is 8.37. The van der Waals surface area contributed by atoms with E-state index >= 15 is 0 Å². The van der Waals surface area contributed by atoms with Crippen molar-refractivity contribution < 1.29 is 0 Å². The highest BCUT2D eigenvalue weighted by Gasteiger charge is 2.18. The second-order valence-corrected chi connectivity index (χ2v) is 15.5. The van der Waals surface area contributed by atoms with Gasteiger partial charge in [-0.05, 0) is 52.1 Å². The summed E-state index contributed by atoms with van der Waals surface area (Å²) >= 11 is 0. The molecule has 0 saturated heterocycles. The number of pyridine rings is 1. The first kappa shape index (κ1) is 37.5. The molecule has 2 aromatic heterocycles. The van der Waals surface area contributed by atoms with Crippen molar-refractivity contribution in [3.05, 3.63) is 231 Å². The number of hydrogen-bond donors (Lipinski definition) is 1. The minimum Gasteiger partial charge on any atom is -0.354 e. The third-order valence-electron chi connectivity index (χ3n) is 11.5. The van der Waals surface area contributed by atoms with Crippen LogP contribution in [0, 0.1) is 0 Å². The lowest BCUT2D eigenvalue weighted by Gasteiger charge is -2.19. The molecule has 5 nitrogen and oxygen atoms in total. The predicted molar refractivity (Wildman–Crippen MR) is 260 cm³/mol. The number of hydrogen-bond acceptors (Lipinski definition) is 5. The normalized spacial score (nSPS) is 11.2. The second-order valence-electron chi connectivity index (χ2n) is 15.5. The second kappa shape index (κ2) is 16.5. The Bertz CT molecular complexity index is 3320. The number of nitrogens with zero attached hydrogens (tertiary/aromatic N) is 4. The standard InChI is InChI=1S/C58H39N5/c1-5-16-42(17-6-1)54-51-37-36-49(55(59-48-24-11-4-12-25-48)53(51)50-26-13-14-27-52(50)60-54)41-32-28-39(29-33-41)46-22-15-23-47(38-46)40-30-34-45(35-31-40)58-62-56(43-18-7-2-8-19-43)61-57(63-58)44-20-9-3-10-21-44/h1-38,59H. The molecule has 0 spiro atoms. The van der Waals surface area contributed by atoms with Crippen LogP contribution in [0.15, 0.2) is 231 Å². The van der Waals surface area contributed by atoms with Gasteiger partial charge in [0.15, 0.2) is 17.5 Å². The Kier molecular flexibility index (Phi) is 9.80. The molecule has 0 unspecified atom stereocenters. The smallest absolute Gasteiger partial charge is 0.164 e. The predicted octanol–water partition coefficient (Wildman–Crippen LogP) is 15.0. The SMILES string of the molecule is c1ccc(Nc2c(-c3ccc(-c4cccc(-c5ccc(-c6nc(-c7ccccc7)nc(-c7ccccc7)n6)cc5)c4)cc3)ccc3c(-c4ccccc4)nc4ccccc4c23)cc1. The van der Waals surface area contributed by atoms with E-state index in [0.717, 1.165) is 94.4 Å². The van der Waals surface area contributed by atoms with Crippen LogP contribution in [0.3, 0.4) is 0 Å². The van der Waals surface area contributed by atoms with Gasteiger partial charge >= 0.3 is 0 Å². The van der Waals surface area contributed by atoms with E-state index in [9.17, 15) is 0 Å². The summed E-state index contributed by atoms with van der Waals surface area (Å²) in [4.78, 5) is 19.9. The molecule has 0 amide bonds. The monoisotopic (exact) mass is 805 g/mol. The van der Waals surface area contributed by atoms with Crippen LogP contribution in [-0.2, 0) is 0 Å². The van der Waals surface area contributed by atoms with Gasteiger partial charge < -0.3 is 5.32 Å². The molecule has 0 radical (unpaired) electrons. The average molecular weight is 806 g/mol. The Morgan fingerprint density at radius 3 is 1.30 bits per heavy atom. The van der Waals surface area contributed by atoms with Gasteiger partial charge in [0.25, 0.3) is 0 Å². The molecule has 9 aromatic carbocycles. The third-order valence-corrected chi connectivity index (χ3v) is 11.5. The zero-order chi connectivity index (χ0) is 42.0. The first-order valence-corrected chi connectivity index (χ1v) is 21.1. The van der Waals surface area contributed by atoms with Crippen molar-refractivity contribution >= 4 is 33.1 Å². The van der Waals surface area contributed by atoms with Crippen molar-refractivity contribution in [3.63, 3.8) is 0 Å². The number of aromatic nitrogens is 4. The lowest BCUT2D eigenvalue weighted by Crippen LogP contribution is -2.00. The van der Waals surface area contributed by atoms with Gasteiger partial charge in [0, 0.05) is 49.7 Å². The lowest BCUT2D eigenvalue weighted by molar-refractivity contribution is 1.07. The number of para-hydroxylation sites is 2. The number of fused-ring (bicyclic) bond motifs is 3. The summed E-state index contributed by atoms with van der Waals surface area (Å²) in [6, 6.07) is 80.1. The van der Waals surface area contributed by atoms with Crippen molar-refractivity contribution in [1.29, 1.82) is 0 Å². The molecule has 0 aliphatic carbocycles. The number of benzene rings is 9. The molecule has 0 aliphatic rings. The molecule has 11 rings (SSSR count). The first-order valence-electron chi connectivity index (χ1n) is 21.1. The maximum absolute atomic E-state index is 5.21. The Morgan fingerprint density at radius 2 is 0.730 bits per heavy atom. The van der Waals surface area contributed by atoms with E-state index in [1.165, 1.54) is 0 Å². The summed E-state index contributed by atoms with van der Waals surface area (Å²) in [6.07, 6.45) is 0. The molecule has 63 heavy (non-hydrogen) atoms. The average Bonchev–Trinajstić information content (AvgIpc) is 3.37. The van der Waals surface area contributed by atoms with E-state index in [0.29, 0.717) is 17.5 Å². The molecule has 5 heteroatoms. The molecule has 1 N–H and O–H groups in total. The Balaban J connectivity index is 0.939. The molecule has 0 bridgehead atoms. The maximum Gasteiger partial charge on any atom is 0.164 e. The summed E-state index contributed by atoms with van der Waals surface area (Å²) in [6.45, 7) is 0. The third kappa shape index (κ3) is 7.49. The molecule has 0 atom stereocenters. The largest absolute Gasteiger partial charge is 0.354 e. The van der Waals surface area contributed by atoms with Crippen molar-refractivity contribution in [2.24, 2.45) is 0 Å². The van der Waals surface area contributed by atoms with Crippen molar-refractivity contribution in [1.82, 2.24) is 19.9 Å².